The van der Waals surface area contributed by atoms with Crippen LogP contribution in [0.2, 0.25) is 0 Å². The average Bonchev–Trinajstić information content (AvgIpc) is 3.25. The summed E-state index contributed by atoms with van der Waals surface area (Å²) in [6.45, 7) is 1.92. The molecule has 0 aliphatic rings. The summed E-state index contributed by atoms with van der Waals surface area (Å²) in [5.41, 5.74) is 0.916. The number of benzene rings is 1. The highest BCUT2D eigenvalue weighted by atomic mass is 32.1. The molecule has 2 heterocycles. The van der Waals surface area contributed by atoms with E-state index in [0.29, 0.717) is 5.82 Å². The Morgan fingerprint density at radius 3 is 2.92 bits per heavy atom. The molecule has 0 radical (unpaired) electrons. The number of thiophene rings is 1. The predicted molar refractivity (Wildman–Crippen MR) is 90.7 cm³/mol. The molecule has 0 aliphatic carbocycles. The number of amides is 1. The maximum atomic E-state index is 12.2. The van der Waals surface area contributed by atoms with Crippen molar-refractivity contribution in [1.82, 2.24) is 25.5 Å². The van der Waals surface area contributed by atoms with E-state index in [1.54, 1.807) is 7.11 Å². The molecule has 0 saturated heterocycles. The normalized spacial score (nSPS) is 11.9. The molecular formula is C16H17N5O2S. The number of para-hydroxylation sites is 1. The minimum Gasteiger partial charge on any atom is -0.496 e. The molecule has 1 amide bonds. The highest BCUT2D eigenvalue weighted by Crippen LogP contribution is 2.24. The van der Waals surface area contributed by atoms with Crippen molar-refractivity contribution in [3.63, 3.8) is 0 Å². The van der Waals surface area contributed by atoms with Gasteiger partial charge in [0.25, 0.3) is 0 Å². The molecule has 3 aromatic rings. The molecule has 1 unspecified atom stereocenters. The molecular weight excluding hydrogens is 326 g/mol. The van der Waals surface area contributed by atoms with Gasteiger partial charge < -0.3 is 10.1 Å². The lowest BCUT2D eigenvalue weighted by atomic mass is 10.1. The van der Waals surface area contributed by atoms with E-state index in [1.807, 2.05) is 48.7 Å². The molecule has 1 atom stereocenters. The third kappa shape index (κ3) is 3.60. The first-order valence-electron chi connectivity index (χ1n) is 7.41. The first-order chi connectivity index (χ1) is 11.7. The lowest BCUT2D eigenvalue weighted by Crippen LogP contribution is -2.31. The van der Waals surface area contributed by atoms with E-state index in [1.165, 1.54) is 16.1 Å². The van der Waals surface area contributed by atoms with Crippen LogP contribution in [0.15, 0.2) is 41.8 Å². The number of tetrazole rings is 1. The van der Waals surface area contributed by atoms with Crippen LogP contribution in [0, 0.1) is 0 Å². The van der Waals surface area contributed by atoms with E-state index in [9.17, 15) is 4.79 Å². The van der Waals surface area contributed by atoms with Crippen LogP contribution in [0.25, 0.3) is 10.7 Å². The standard InChI is InChI=1S/C16H17N5O2S/c1-11(12-6-3-4-7-13(12)23-2)17-15(22)10-21-19-16(18-20-21)14-8-5-9-24-14/h3-9,11H,10H2,1-2H3,(H,17,22). The molecule has 124 valence electrons. The van der Waals surface area contributed by atoms with Crippen LogP contribution in [-0.4, -0.2) is 33.2 Å². The number of carbonyl (C=O) groups is 1. The predicted octanol–water partition coefficient (Wildman–Crippen LogP) is 2.29. The first kappa shape index (κ1) is 16.1. The topological polar surface area (TPSA) is 81.9 Å². The van der Waals surface area contributed by atoms with Crippen molar-refractivity contribution in [2.75, 3.05) is 7.11 Å². The minimum atomic E-state index is -0.191. The van der Waals surface area contributed by atoms with Gasteiger partial charge in [-0.15, -0.1) is 21.5 Å². The van der Waals surface area contributed by atoms with Crippen LogP contribution in [0.4, 0.5) is 0 Å². The second-order valence-corrected chi connectivity index (χ2v) is 6.10. The van der Waals surface area contributed by atoms with Gasteiger partial charge in [0.05, 0.1) is 18.0 Å². The smallest absolute Gasteiger partial charge is 0.244 e. The van der Waals surface area contributed by atoms with Crippen molar-refractivity contribution >= 4 is 17.2 Å². The number of ether oxygens (including phenoxy) is 1. The zero-order valence-electron chi connectivity index (χ0n) is 13.3. The summed E-state index contributed by atoms with van der Waals surface area (Å²) in [7, 11) is 1.61. The van der Waals surface area contributed by atoms with Crippen molar-refractivity contribution in [3.05, 3.63) is 47.3 Å². The third-order valence-electron chi connectivity index (χ3n) is 3.46. The van der Waals surface area contributed by atoms with Gasteiger partial charge in [-0.3, -0.25) is 4.79 Å². The Morgan fingerprint density at radius 1 is 1.33 bits per heavy atom. The van der Waals surface area contributed by atoms with Crippen LogP contribution in [-0.2, 0) is 11.3 Å². The number of aromatic nitrogens is 4. The second-order valence-electron chi connectivity index (χ2n) is 5.15. The Hall–Kier alpha value is -2.74. The average molecular weight is 343 g/mol. The number of hydrogen-bond acceptors (Lipinski definition) is 6. The fourth-order valence-corrected chi connectivity index (χ4v) is 2.98. The van der Waals surface area contributed by atoms with E-state index in [-0.39, 0.29) is 18.5 Å². The molecule has 0 bridgehead atoms. The molecule has 7 nitrogen and oxygen atoms in total. The number of nitrogens with one attached hydrogen (secondary N) is 1. The Balaban J connectivity index is 1.63. The van der Waals surface area contributed by atoms with Crippen molar-refractivity contribution < 1.29 is 9.53 Å². The molecule has 24 heavy (non-hydrogen) atoms. The Bertz CT molecular complexity index is 816. The van der Waals surface area contributed by atoms with E-state index < -0.39 is 0 Å². The van der Waals surface area contributed by atoms with Crippen molar-refractivity contribution in [2.45, 2.75) is 19.5 Å². The first-order valence-corrected chi connectivity index (χ1v) is 8.29. The third-order valence-corrected chi connectivity index (χ3v) is 4.33. The van der Waals surface area contributed by atoms with Crippen LogP contribution in [0.1, 0.15) is 18.5 Å². The lowest BCUT2D eigenvalue weighted by Gasteiger charge is -2.16. The molecule has 1 N–H and O–H groups in total. The monoisotopic (exact) mass is 343 g/mol. The van der Waals surface area contributed by atoms with Gasteiger partial charge in [-0.2, -0.15) is 4.80 Å². The Morgan fingerprint density at radius 2 is 2.17 bits per heavy atom. The molecule has 8 heteroatoms. The number of rotatable bonds is 6. The summed E-state index contributed by atoms with van der Waals surface area (Å²) in [6.07, 6.45) is 0. The highest BCUT2D eigenvalue weighted by molar-refractivity contribution is 7.13. The van der Waals surface area contributed by atoms with Gasteiger partial charge in [0.2, 0.25) is 11.7 Å². The highest BCUT2D eigenvalue weighted by Gasteiger charge is 2.15. The Labute approximate surface area is 143 Å². The summed E-state index contributed by atoms with van der Waals surface area (Å²) >= 11 is 1.53. The van der Waals surface area contributed by atoms with E-state index in [2.05, 4.69) is 20.7 Å². The van der Waals surface area contributed by atoms with Crippen LogP contribution in [0.5, 0.6) is 5.75 Å². The number of methoxy groups -OCH3 is 1. The molecule has 2 aromatic heterocycles. The fraction of sp³-hybridized carbons (Fsp3) is 0.250. The SMILES string of the molecule is COc1ccccc1C(C)NC(=O)Cn1nnc(-c2cccs2)n1. The zero-order valence-corrected chi connectivity index (χ0v) is 14.2. The second kappa shape index (κ2) is 7.22. The summed E-state index contributed by atoms with van der Waals surface area (Å²) in [5.74, 6) is 1.07. The molecule has 0 saturated carbocycles. The maximum Gasteiger partial charge on any atom is 0.244 e. The summed E-state index contributed by atoms with van der Waals surface area (Å²) in [5, 5.41) is 17.0. The van der Waals surface area contributed by atoms with Gasteiger partial charge in [-0.25, -0.2) is 0 Å². The lowest BCUT2D eigenvalue weighted by molar-refractivity contribution is -0.122. The van der Waals surface area contributed by atoms with Crippen molar-refractivity contribution in [2.24, 2.45) is 0 Å². The number of hydrogen-bond donors (Lipinski definition) is 1. The molecule has 0 aliphatic heterocycles. The van der Waals surface area contributed by atoms with Gasteiger partial charge in [0.1, 0.15) is 12.3 Å². The number of carbonyl (C=O) groups excluding carboxylic acids is 1. The zero-order chi connectivity index (χ0) is 16.9. The summed E-state index contributed by atoms with van der Waals surface area (Å²) < 4.78 is 5.32. The van der Waals surface area contributed by atoms with Crippen molar-refractivity contribution in [1.29, 1.82) is 0 Å². The maximum absolute atomic E-state index is 12.2. The van der Waals surface area contributed by atoms with Crippen LogP contribution >= 0.6 is 11.3 Å². The van der Waals surface area contributed by atoms with Gasteiger partial charge in [-0.05, 0) is 29.6 Å². The minimum absolute atomic E-state index is 0.0118. The molecule has 0 fully saturated rings. The molecule has 0 spiro atoms. The number of nitrogens with zero attached hydrogens (tertiary/aromatic N) is 4. The van der Waals surface area contributed by atoms with Crippen LogP contribution < -0.4 is 10.1 Å². The molecule has 1 aromatic carbocycles. The summed E-state index contributed by atoms with van der Waals surface area (Å²) in [6, 6.07) is 11.2. The Kier molecular flexibility index (Phi) is 4.85. The quantitative estimate of drug-likeness (QED) is 0.742. The van der Waals surface area contributed by atoms with E-state index in [4.69, 9.17) is 4.74 Å². The van der Waals surface area contributed by atoms with Crippen LogP contribution in [0.3, 0.4) is 0 Å². The largest absolute Gasteiger partial charge is 0.496 e. The van der Waals surface area contributed by atoms with Gasteiger partial charge in [0.15, 0.2) is 0 Å². The van der Waals surface area contributed by atoms with E-state index in [0.717, 1.165) is 16.2 Å². The van der Waals surface area contributed by atoms with Gasteiger partial charge in [-0.1, -0.05) is 24.3 Å². The molecule has 3 rings (SSSR count). The summed E-state index contributed by atoms with van der Waals surface area (Å²) in [4.78, 5) is 14.4. The van der Waals surface area contributed by atoms with E-state index >= 15 is 0 Å². The fourth-order valence-electron chi connectivity index (χ4n) is 2.33. The van der Waals surface area contributed by atoms with Gasteiger partial charge in [0, 0.05) is 5.56 Å². The van der Waals surface area contributed by atoms with Gasteiger partial charge >= 0.3 is 0 Å². The van der Waals surface area contributed by atoms with Crippen molar-refractivity contribution in [3.8, 4) is 16.5 Å².